The second-order valence-corrected chi connectivity index (χ2v) is 2.92. The van der Waals surface area contributed by atoms with Gasteiger partial charge in [0.2, 0.25) is 0 Å². The van der Waals surface area contributed by atoms with Crippen LogP contribution in [0.25, 0.3) is 0 Å². The summed E-state index contributed by atoms with van der Waals surface area (Å²) in [5.74, 6) is 0. The summed E-state index contributed by atoms with van der Waals surface area (Å²) in [6.45, 7) is 4.17. The third kappa shape index (κ3) is 6.94. The minimum absolute atomic E-state index is 0. The Morgan fingerprint density at radius 1 is 0.643 bits per heavy atom. The third-order valence-electron chi connectivity index (χ3n) is 1.66. The fourth-order valence-corrected chi connectivity index (χ4v) is 0.940. The van der Waals surface area contributed by atoms with Crippen LogP contribution in [0.3, 0.4) is 0 Å². The molecule has 2 aromatic rings. The summed E-state index contributed by atoms with van der Waals surface area (Å²) in [6, 6.07) is 16.5. The van der Waals surface area contributed by atoms with Crippen LogP contribution in [0.5, 0.6) is 0 Å². The van der Waals surface area contributed by atoms with Crippen molar-refractivity contribution in [3.63, 3.8) is 0 Å². The number of hydrogen-bond donors (Lipinski definition) is 0. The molecule has 0 saturated carbocycles. The quantitative estimate of drug-likeness (QED) is 0.469. The van der Waals surface area contributed by atoms with Gasteiger partial charge in [-0.1, -0.05) is 13.8 Å². The van der Waals surface area contributed by atoms with E-state index in [4.69, 9.17) is 0 Å². The van der Waals surface area contributed by atoms with E-state index in [1.807, 2.05) is 24.3 Å². The van der Waals surface area contributed by atoms with Crippen molar-refractivity contribution in [2.45, 2.75) is 13.8 Å². The van der Waals surface area contributed by atoms with Gasteiger partial charge in [0, 0.05) is 0 Å². The van der Waals surface area contributed by atoms with Crippen molar-refractivity contribution in [2.24, 2.45) is 0 Å². The molecule has 0 unspecified atom stereocenters. The molecule has 0 aliphatic rings. The fourth-order valence-electron chi connectivity index (χ4n) is 0.940. The molecule has 0 bridgehead atoms. The van der Waals surface area contributed by atoms with Crippen LogP contribution in [-0.2, 0) is 21.7 Å². The van der Waals surface area contributed by atoms with Gasteiger partial charge in [-0.05, 0) is 0 Å². The molecule has 0 aromatic heterocycles. The molecule has 0 aliphatic carbocycles. The van der Waals surface area contributed by atoms with Crippen LogP contribution in [0, 0.1) is 13.8 Å². The summed E-state index contributed by atoms with van der Waals surface area (Å²) in [5, 5.41) is 0. The molecule has 14 heavy (non-hydrogen) atoms. The average molecular weight is 217 g/mol. The Labute approximate surface area is 104 Å². The van der Waals surface area contributed by atoms with Gasteiger partial charge >= 0.3 is 21.7 Å². The minimum atomic E-state index is 0. The molecule has 0 fully saturated rings. The zero-order valence-electron chi connectivity index (χ0n) is 8.70. The Morgan fingerprint density at radius 2 is 0.857 bits per heavy atom. The SMILES string of the molecule is C[c-]1cccc1.C[c-]1cccc1.[B-].[Ti+3]. The van der Waals surface area contributed by atoms with E-state index in [0.29, 0.717) is 0 Å². The summed E-state index contributed by atoms with van der Waals surface area (Å²) in [5.41, 5.74) is 2.69. The van der Waals surface area contributed by atoms with E-state index in [9.17, 15) is 0 Å². The van der Waals surface area contributed by atoms with Gasteiger partial charge in [0.1, 0.15) is 0 Å². The standard InChI is InChI=1S/2C6H7.B.Ti/c2*1-6-4-2-3-5-6;;/h2*2-5H,1H3;;/q3*-1;+3. The van der Waals surface area contributed by atoms with Crippen LogP contribution in [0.1, 0.15) is 11.1 Å². The maximum absolute atomic E-state index is 2.08. The van der Waals surface area contributed by atoms with Crippen molar-refractivity contribution >= 4 is 8.41 Å². The summed E-state index contributed by atoms with van der Waals surface area (Å²) in [4.78, 5) is 0. The van der Waals surface area contributed by atoms with Gasteiger partial charge in [-0.25, -0.2) is 24.3 Å². The topological polar surface area (TPSA) is 0 Å². The minimum Gasteiger partial charge on any atom is -1.00 e. The molecule has 0 atom stereocenters. The van der Waals surface area contributed by atoms with E-state index in [0.717, 1.165) is 0 Å². The predicted octanol–water partition coefficient (Wildman–Crippen LogP) is 3.04. The van der Waals surface area contributed by atoms with Gasteiger partial charge in [-0.3, -0.25) is 0 Å². The number of aryl methyl sites for hydroxylation is 2. The van der Waals surface area contributed by atoms with E-state index in [-0.39, 0.29) is 30.1 Å². The van der Waals surface area contributed by atoms with Crippen LogP contribution in [0.2, 0.25) is 0 Å². The van der Waals surface area contributed by atoms with Crippen LogP contribution in [0.4, 0.5) is 0 Å². The fraction of sp³-hybridized carbons (Fsp3) is 0.167. The summed E-state index contributed by atoms with van der Waals surface area (Å²) in [7, 11) is 0. The second-order valence-electron chi connectivity index (χ2n) is 2.92. The summed E-state index contributed by atoms with van der Waals surface area (Å²) >= 11 is 0. The molecule has 69 valence electrons. The first-order chi connectivity index (χ1) is 5.79. The van der Waals surface area contributed by atoms with Gasteiger partial charge in [0.25, 0.3) is 0 Å². The van der Waals surface area contributed by atoms with Gasteiger partial charge in [0.15, 0.2) is 0 Å². The van der Waals surface area contributed by atoms with E-state index in [1.54, 1.807) is 0 Å². The van der Waals surface area contributed by atoms with Gasteiger partial charge < -0.3 is 8.41 Å². The van der Waals surface area contributed by atoms with Crippen LogP contribution >= 0.6 is 0 Å². The van der Waals surface area contributed by atoms with Crippen molar-refractivity contribution in [1.29, 1.82) is 0 Å². The van der Waals surface area contributed by atoms with E-state index < -0.39 is 0 Å². The molecule has 5 radical (unpaired) electrons. The Balaban J connectivity index is 0. The van der Waals surface area contributed by atoms with Crippen LogP contribution < -0.4 is 0 Å². The molecule has 0 N–H and O–H groups in total. The third-order valence-corrected chi connectivity index (χ3v) is 1.66. The first-order valence-electron chi connectivity index (χ1n) is 4.15. The van der Waals surface area contributed by atoms with Gasteiger partial charge in [0.05, 0.1) is 0 Å². The Morgan fingerprint density at radius 3 is 0.929 bits per heavy atom. The molecule has 0 saturated heterocycles. The van der Waals surface area contributed by atoms with Crippen molar-refractivity contribution in [3.05, 3.63) is 59.7 Å². The normalized spacial score (nSPS) is 7.57. The van der Waals surface area contributed by atoms with Crippen molar-refractivity contribution < 1.29 is 21.7 Å². The molecule has 0 aliphatic heterocycles. The Hall–Kier alpha value is -0.521. The first kappa shape index (κ1) is 15.9. The largest absolute Gasteiger partial charge is 3.00 e. The van der Waals surface area contributed by atoms with Crippen molar-refractivity contribution in [1.82, 2.24) is 0 Å². The van der Waals surface area contributed by atoms with E-state index in [1.165, 1.54) is 11.1 Å². The molecule has 2 heteroatoms. The maximum Gasteiger partial charge on any atom is 3.00 e. The average Bonchev–Trinajstić information content (AvgIpc) is 2.63. The summed E-state index contributed by atoms with van der Waals surface area (Å²) in [6.07, 6.45) is 0. The zero-order valence-corrected chi connectivity index (χ0v) is 10.3. The summed E-state index contributed by atoms with van der Waals surface area (Å²) < 4.78 is 0. The first-order valence-corrected chi connectivity index (χ1v) is 4.15. The molecule has 0 amide bonds. The second kappa shape index (κ2) is 9.05. The van der Waals surface area contributed by atoms with E-state index >= 15 is 0 Å². The Kier molecular flexibility index (Phi) is 10.3. The van der Waals surface area contributed by atoms with E-state index in [2.05, 4.69) is 38.1 Å². The maximum atomic E-state index is 2.08. The molecule has 2 aromatic carbocycles. The molecular formula is C12H14BTi. The number of rotatable bonds is 0. The molecule has 2 rings (SSSR count). The monoisotopic (exact) mass is 217 g/mol. The number of hydrogen-bond acceptors (Lipinski definition) is 0. The van der Waals surface area contributed by atoms with Gasteiger partial charge in [-0.2, -0.15) is 35.4 Å². The smallest absolute Gasteiger partial charge is 1.00 e. The van der Waals surface area contributed by atoms with Crippen LogP contribution in [-0.4, -0.2) is 8.41 Å². The van der Waals surface area contributed by atoms with Crippen LogP contribution in [0.15, 0.2) is 48.5 Å². The molecular weight excluding hydrogens is 203 g/mol. The van der Waals surface area contributed by atoms with Gasteiger partial charge in [-0.15, -0.1) is 0 Å². The van der Waals surface area contributed by atoms with Crippen molar-refractivity contribution in [2.75, 3.05) is 0 Å². The molecule has 0 nitrogen and oxygen atoms in total. The molecule has 0 spiro atoms. The zero-order chi connectivity index (χ0) is 8.81. The Bertz CT molecular complexity index is 250. The predicted molar refractivity (Wildman–Crippen MR) is 59.3 cm³/mol. The molecule has 0 heterocycles. The van der Waals surface area contributed by atoms with Crippen molar-refractivity contribution in [3.8, 4) is 0 Å².